The predicted molar refractivity (Wildman–Crippen MR) is 95.3 cm³/mol. The maximum absolute atomic E-state index is 12.3. The van der Waals surface area contributed by atoms with Crippen molar-refractivity contribution >= 4 is 17.4 Å². The third kappa shape index (κ3) is 4.11. The van der Waals surface area contributed by atoms with E-state index in [1.54, 1.807) is 0 Å². The second-order valence-corrected chi connectivity index (χ2v) is 6.53. The molecule has 5 heteroatoms. The summed E-state index contributed by atoms with van der Waals surface area (Å²) in [6, 6.07) is 12.2. The number of H-pyrrole nitrogens is 1. The lowest BCUT2D eigenvalue weighted by molar-refractivity contribution is -0.892. The van der Waals surface area contributed by atoms with Gasteiger partial charge in [-0.25, -0.2) is 4.98 Å². The highest BCUT2D eigenvalue weighted by molar-refractivity contribution is 5.92. The number of nitrogens with one attached hydrogen (secondary N) is 3. The number of carbonyl (C=O) groups is 1. The minimum Gasteiger partial charge on any atom is -0.321 e. The van der Waals surface area contributed by atoms with Gasteiger partial charge in [-0.05, 0) is 31.5 Å². The second-order valence-electron chi connectivity index (χ2n) is 6.53. The molecule has 5 nitrogen and oxygen atoms in total. The molecule has 0 aliphatic carbocycles. The lowest BCUT2D eigenvalue weighted by Crippen LogP contribution is -3.15. The van der Waals surface area contributed by atoms with Crippen molar-refractivity contribution in [2.75, 3.05) is 42.9 Å². The standard InChI is InChI=1S/C19H24N4O/c1-15-6-7-17(16(2)13-15)21-19(24)14-22-9-11-23(12-10-22)18-5-3-4-8-20-18/h3-8,13H,9-12,14H2,1-2H3,(H,21,24)/p+2. The summed E-state index contributed by atoms with van der Waals surface area (Å²) in [5.41, 5.74) is 3.25. The molecule has 1 amide bonds. The van der Waals surface area contributed by atoms with Gasteiger partial charge in [0.25, 0.3) is 11.7 Å². The Morgan fingerprint density at radius 2 is 2.00 bits per heavy atom. The van der Waals surface area contributed by atoms with E-state index in [-0.39, 0.29) is 5.91 Å². The molecule has 1 aliphatic rings. The molecule has 3 N–H and O–H groups in total. The third-order valence-electron chi connectivity index (χ3n) is 4.57. The molecule has 2 heterocycles. The van der Waals surface area contributed by atoms with Crippen molar-refractivity contribution in [3.05, 3.63) is 53.7 Å². The Kier molecular flexibility index (Phi) is 5.11. The smallest absolute Gasteiger partial charge is 0.279 e. The molecule has 0 bridgehead atoms. The quantitative estimate of drug-likeness (QED) is 0.858. The number of aryl methyl sites for hydroxylation is 2. The first-order valence-electron chi connectivity index (χ1n) is 8.54. The van der Waals surface area contributed by atoms with Crippen molar-refractivity contribution in [1.29, 1.82) is 0 Å². The van der Waals surface area contributed by atoms with E-state index in [0.717, 1.165) is 43.2 Å². The summed E-state index contributed by atoms with van der Waals surface area (Å²) in [5, 5.41) is 3.05. The van der Waals surface area contributed by atoms with E-state index in [9.17, 15) is 4.79 Å². The molecular formula is C19H26N4O+2. The lowest BCUT2D eigenvalue weighted by atomic mass is 10.1. The average molecular weight is 326 g/mol. The van der Waals surface area contributed by atoms with E-state index in [0.29, 0.717) is 6.54 Å². The molecule has 1 aromatic heterocycles. The van der Waals surface area contributed by atoms with Crippen LogP contribution in [0, 0.1) is 13.8 Å². The van der Waals surface area contributed by atoms with Gasteiger partial charge in [0.05, 0.1) is 6.20 Å². The Balaban J connectivity index is 1.50. The predicted octanol–water partition coefficient (Wildman–Crippen LogP) is 0.461. The number of pyridine rings is 1. The van der Waals surface area contributed by atoms with Crippen LogP contribution in [0.2, 0.25) is 0 Å². The molecule has 126 valence electrons. The molecule has 3 rings (SSSR count). The number of rotatable bonds is 4. The Morgan fingerprint density at radius 1 is 1.21 bits per heavy atom. The number of nitrogens with zero attached hydrogens (tertiary/aromatic N) is 1. The van der Waals surface area contributed by atoms with Crippen molar-refractivity contribution in [2.45, 2.75) is 13.8 Å². The average Bonchev–Trinajstić information content (AvgIpc) is 2.59. The van der Waals surface area contributed by atoms with E-state index >= 15 is 0 Å². The van der Waals surface area contributed by atoms with Crippen molar-refractivity contribution in [1.82, 2.24) is 0 Å². The van der Waals surface area contributed by atoms with Gasteiger partial charge in [-0.15, -0.1) is 0 Å². The van der Waals surface area contributed by atoms with Crippen LogP contribution in [0.25, 0.3) is 0 Å². The molecule has 0 atom stereocenters. The van der Waals surface area contributed by atoms with Crippen LogP contribution in [-0.4, -0.2) is 38.6 Å². The number of hydrogen-bond donors (Lipinski definition) is 2. The number of hydrogen-bond acceptors (Lipinski definition) is 2. The van der Waals surface area contributed by atoms with Gasteiger partial charge in [-0.3, -0.25) is 9.69 Å². The zero-order valence-corrected chi connectivity index (χ0v) is 14.4. The SMILES string of the molecule is Cc1ccc(NC(=O)C[NH+]2CCN(c3cccc[nH+]3)CC2)c(C)c1. The molecule has 0 spiro atoms. The molecule has 1 fully saturated rings. The first-order valence-corrected chi connectivity index (χ1v) is 8.54. The Morgan fingerprint density at radius 3 is 2.67 bits per heavy atom. The summed E-state index contributed by atoms with van der Waals surface area (Å²) in [6.45, 7) is 8.50. The van der Waals surface area contributed by atoms with Crippen LogP contribution < -0.4 is 20.1 Å². The van der Waals surface area contributed by atoms with Gasteiger partial charge >= 0.3 is 0 Å². The molecular weight excluding hydrogens is 300 g/mol. The summed E-state index contributed by atoms with van der Waals surface area (Å²) >= 11 is 0. The van der Waals surface area contributed by atoms with Crippen LogP contribution in [-0.2, 0) is 4.79 Å². The van der Waals surface area contributed by atoms with Crippen molar-refractivity contribution in [3.8, 4) is 0 Å². The van der Waals surface area contributed by atoms with E-state index in [2.05, 4.69) is 34.3 Å². The Bertz CT molecular complexity index is 694. The third-order valence-corrected chi connectivity index (χ3v) is 4.57. The molecule has 1 aliphatic heterocycles. The zero-order valence-electron chi connectivity index (χ0n) is 14.4. The number of aromatic nitrogens is 1. The minimum absolute atomic E-state index is 0.0941. The maximum Gasteiger partial charge on any atom is 0.279 e. The molecule has 1 aromatic carbocycles. The van der Waals surface area contributed by atoms with Crippen LogP contribution in [0.1, 0.15) is 11.1 Å². The van der Waals surface area contributed by atoms with Crippen molar-refractivity contribution in [2.24, 2.45) is 0 Å². The van der Waals surface area contributed by atoms with Gasteiger partial charge in [0.2, 0.25) is 0 Å². The van der Waals surface area contributed by atoms with E-state index < -0.39 is 0 Å². The molecule has 0 unspecified atom stereocenters. The van der Waals surface area contributed by atoms with Crippen LogP contribution in [0.4, 0.5) is 11.5 Å². The first kappa shape index (κ1) is 16.5. The van der Waals surface area contributed by atoms with Gasteiger partial charge in [0, 0.05) is 11.8 Å². The van der Waals surface area contributed by atoms with Crippen LogP contribution in [0.5, 0.6) is 0 Å². The lowest BCUT2D eigenvalue weighted by Gasteiger charge is -2.27. The van der Waals surface area contributed by atoms with Crippen molar-refractivity contribution in [3.63, 3.8) is 0 Å². The van der Waals surface area contributed by atoms with E-state index in [4.69, 9.17) is 0 Å². The Hall–Kier alpha value is -2.40. The Labute approximate surface area is 143 Å². The summed E-state index contributed by atoms with van der Waals surface area (Å²) < 4.78 is 0. The van der Waals surface area contributed by atoms with Crippen molar-refractivity contribution < 1.29 is 14.7 Å². The number of amides is 1. The minimum atomic E-state index is 0.0941. The normalized spacial score (nSPS) is 15.3. The number of anilines is 2. The summed E-state index contributed by atoms with van der Waals surface area (Å²) in [4.78, 5) is 19.3. The number of aromatic amines is 1. The van der Waals surface area contributed by atoms with Crippen LogP contribution >= 0.6 is 0 Å². The summed E-state index contributed by atoms with van der Waals surface area (Å²) in [7, 11) is 0. The largest absolute Gasteiger partial charge is 0.321 e. The fraction of sp³-hybridized carbons (Fsp3) is 0.368. The summed E-state index contributed by atoms with van der Waals surface area (Å²) in [5.74, 6) is 1.24. The molecule has 0 radical (unpaired) electrons. The molecule has 2 aromatic rings. The number of carbonyl (C=O) groups excluding carboxylic acids is 1. The molecule has 1 saturated heterocycles. The highest BCUT2D eigenvalue weighted by Gasteiger charge is 2.27. The van der Waals surface area contributed by atoms with Gasteiger partial charge < -0.3 is 10.2 Å². The fourth-order valence-corrected chi connectivity index (χ4v) is 3.20. The molecule has 0 saturated carbocycles. The number of quaternary nitrogens is 1. The number of piperazine rings is 1. The molecule has 24 heavy (non-hydrogen) atoms. The van der Waals surface area contributed by atoms with Gasteiger partial charge in [-0.1, -0.05) is 23.8 Å². The van der Waals surface area contributed by atoms with Crippen LogP contribution in [0.3, 0.4) is 0 Å². The van der Waals surface area contributed by atoms with E-state index in [1.165, 1.54) is 10.5 Å². The maximum atomic E-state index is 12.3. The van der Waals surface area contributed by atoms with Gasteiger partial charge in [-0.2, -0.15) is 0 Å². The summed E-state index contributed by atoms with van der Waals surface area (Å²) in [6.07, 6.45) is 1.95. The van der Waals surface area contributed by atoms with E-state index in [1.807, 2.05) is 37.4 Å². The monoisotopic (exact) mass is 326 g/mol. The van der Waals surface area contributed by atoms with Gasteiger partial charge in [0.1, 0.15) is 26.2 Å². The zero-order chi connectivity index (χ0) is 16.9. The first-order chi connectivity index (χ1) is 11.6. The second kappa shape index (κ2) is 7.45. The van der Waals surface area contributed by atoms with Crippen LogP contribution in [0.15, 0.2) is 42.6 Å². The topological polar surface area (TPSA) is 50.9 Å². The number of benzene rings is 1. The van der Waals surface area contributed by atoms with Gasteiger partial charge in [0.15, 0.2) is 6.54 Å². The highest BCUT2D eigenvalue weighted by Crippen LogP contribution is 2.15. The fourth-order valence-electron chi connectivity index (χ4n) is 3.20. The highest BCUT2D eigenvalue weighted by atomic mass is 16.2.